The zero-order chi connectivity index (χ0) is 22.3. The second-order valence-electron chi connectivity index (χ2n) is 6.30. The number of nitrogen functional groups attached to an aromatic ring is 2. The Morgan fingerprint density at radius 1 is 0.625 bits per heavy atom. The Kier molecular flexibility index (Phi) is 10.6. The summed E-state index contributed by atoms with van der Waals surface area (Å²) in [5.74, 6) is -3.08. The van der Waals surface area contributed by atoms with E-state index in [0.29, 0.717) is 12.0 Å². The highest BCUT2D eigenvalue weighted by atomic mass is 16.4. The Morgan fingerprint density at radius 3 is 1.34 bits per heavy atom. The van der Waals surface area contributed by atoms with E-state index in [1.165, 1.54) is 24.3 Å². The quantitative estimate of drug-likeness (QED) is 0.284. The summed E-state index contributed by atoms with van der Waals surface area (Å²) in [6, 6.07) is 17.7. The largest absolute Gasteiger partial charge is 0.478 e. The molecule has 32 heavy (non-hydrogen) atoms. The van der Waals surface area contributed by atoms with Gasteiger partial charge in [0.05, 0.1) is 16.7 Å². The standard InChI is InChI=1S/C15H14N2O4.C7H6O2.2H3N/c16-12-3-1-8(6-10(12)14(18)19)5-9-2-4-13(17)11(7-9)15(20)21;8-7(9)6-4-2-1-3-5-6;;/h1-4,6-7H,5,16-17H2,(H,18,19)(H,20,21);1-5H,(H,8,9);2*1H3. The number of aromatic carboxylic acids is 3. The van der Waals surface area contributed by atoms with Gasteiger partial charge in [-0.3, -0.25) is 0 Å². The van der Waals surface area contributed by atoms with E-state index in [0.717, 1.165) is 11.1 Å². The van der Waals surface area contributed by atoms with Crippen LogP contribution in [0.25, 0.3) is 0 Å². The van der Waals surface area contributed by atoms with Gasteiger partial charge in [-0.1, -0.05) is 30.3 Å². The highest BCUT2D eigenvalue weighted by molar-refractivity contribution is 5.94. The summed E-state index contributed by atoms with van der Waals surface area (Å²) in [5.41, 5.74) is 13.4. The van der Waals surface area contributed by atoms with Crippen LogP contribution >= 0.6 is 0 Å². The van der Waals surface area contributed by atoms with Gasteiger partial charge in [-0.05, 0) is 53.9 Å². The number of hydrogen-bond donors (Lipinski definition) is 7. The third-order valence-electron chi connectivity index (χ3n) is 4.13. The lowest BCUT2D eigenvalue weighted by Gasteiger charge is -2.08. The minimum Gasteiger partial charge on any atom is -0.478 e. The van der Waals surface area contributed by atoms with Crippen molar-refractivity contribution in [3.8, 4) is 0 Å². The molecule has 0 amide bonds. The van der Waals surface area contributed by atoms with Crippen molar-refractivity contribution in [2.75, 3.05) is 11.5 Å². The molecule has 3 aromatic carbocycles. The van der Waals surface area contributed by atoms with Crippen LogP contribution in [0.1, 0.15) is 42.2 Å². The zero-order valence-corrected chi connectivity index (χ0v) is 17.2. The molecule has 13 N–H and O–H groups in total. The van der Waals surface area contributed by atoms with E-state index in [-0.39, 0.29) is 34.8 Å². The maximum atomic E-state index is 11.0. The van der Waals surface area contributed by atoms with Gasteiger partial charge in [-0.2, -0.15) is 0 Å². The minimum atomic E-state index is -1.10. The van der Waals surface area contributed by atoms with Gasteiger partial charge in [0.1, 0.15) is 0 Å². The molecule has 0 radical (unpaired) electrons. The third-order valence-corrected chi connectivity index (χ3v) is 4.13. The van der Waals surface area contributed by atoms with Crippen molar-refractivity contribution in [1.82, 2.24) is 12.3 Å². The molecule has 170 valence electrons. The van der Waals surface area contributed by atoms with Crippen molar-refractivity contribution < 1.29 is 29.7 Å². The molecule has 3 aromatic rings. The van der Waals surface area contributed by atoms with Gasteiger partial charge in [-0.15, -0.1) is 0 Å². The first kappa shape index (κ1) is 27.6. The summed E-state index contributed by atoms with van der Waals surface area (Å²) >= 11 is 0. The Balaban J connectivity index is 0.000000741. The van der Waals surface area contributed by atoms with Crippen LogP contribution in [0.2, 0.25) is 0 Å². The van der Waals surface area contributed by atoms with E-state index in [1.807, 2.05) is 0 Å². The molecule has 0 saturated heterocycles. The topological polar surface area (TPSA) is 234 Å². The average molecular weight is 442 g/mol. The maximum Gasteiger partial charge on any atom is 0.337 e. The molecule has 3 rings (SSSR count). The molecule has 0 spiro atoms. The number of carbonyl (C=O) groups is 3. The molecule has 10 nitrogen and oxygen atoms in total. The van der Waals surface area contributed by atoms with Gasteiger partial charge in [0.15, 0.2) is 0 Å². The van der Waals surface area contributed by atoms with Crippen molar-refractivity contribution in [2.24, 2.45) is 0 Å². The first-order valence-electron chi connectivity index (χ1n) is 8.70. The van der Waals surface area contributed by atoms with Crippen LogP contribution in [0.4, 0.5) is 11.4 Å². The second kappa shape index (κ2) is 12.3. The maximum absolute atomic E-state index is 11.0. The van der Waals surface area contributed by atoms with Crippen molar-refractivity contribution in [1.29, 1.82) is 0 Å². The first-order chi connectivity index (χ1) is 14.2. The Bertz CT molecular complexity index is 1030. The van der Waals surface area contributed by atoms with Crippen molar-refractivity contribution in [2.45, 2.75) is 6.42 Å². The molecule has 0 aliphatic carbocycles. The lowest BCUT2D eigenvalue weighted by Crippen LogP contribution is -2.05. The van der Waals surface area contributed by atoms with Crippen LogP contribution in [-0.4, -0.2) is 33.2 Å². The molecular formula is C22H26N4O6. The fourth-order valence-corrected chi connectivity index (χ4v) is 2.61. The van der Waals surface area contributed by atoms with Crippen LogP contribution in [0, 0.1) is 0 Å². The van der Waals surface area contributed by atoms with Crippen LogP contribution in [0.5, 0.6) is 0 Å². The molecular weight excluding hydrogens is 416 g/mol. The normalized spacial score (nSPS) is 9.25. The molecule has 0 fully saturated rings. The summed E-state index contributed by atoms with van der Waals surface area (Å²) in [7, 11) is 0. The number of carboxylic acids is 3. The number of nitrogens with two attached hydrogens (primary N) is 2. The van der Waals surface area contributed by atoms with E-state index in [1.54, 1.807) is 42.5 Å². The van der Waals surface area contributed by atoms with Gasteiger partial charge >= 0.3 is 17.9 Å². The van der Waals surface area contributed by atoms with E-state index in [2.05, 4.69) is 0 Å². The lowest BCUT2D eigenvalue weighted by molar-refractivity contribution is 0.0686. The van der Waals surface area contributed by atoms with Gasteiger partial charge < -0.3 is 39.1 Å². The number of benzene rings is 3. The first-order valence-corrected chi connectivity index (χ1v) is 8.70. The summed E-state index contributed by atoms with van der Waals surface area (Å²) in [6.45, 7) is 0. The molecule has 0 aromatic heterocycles. The van der Waals surface area contributed by atoms with Crippen molar-refractivity contribution >= 4 is 29.3 Å². The fraction of sp³-hybridized carbons (Fsp3) is 0.0455. The van der Waals surface area contributed by atoms with Gasteiger partial charge in [0.2, 0.25) is 0 Å². The molecule has 0 saturated carbocycles. The predicted octanol–water partition coefficient (Wildman–Crippen LogP) is 3.55. The number of rotatable bonds is 5. The SMILES string of the molecule is N.N.Nc1ccc(Cc2ccc(N)c(C(=O)O)c2)cc1C(=O)O.O=C(O)c1ccccc1. The molecule has 0 aliphatic rings. The number of hydrogen-bond acceptors (Lipinski definition) is 7. The lowest BCUT2D eigenvalue weighted by atomic mass is 9.99. The molecule has 0 bridgehead atoms. The van der Waals surface area contributed by atoms with E-state index in [4.69, 9.17) is 26.8 Å². The number of carboxylic acid groups (broad SMARTS) is 3. The second-order valence-corrected chi connectivity index (χ2v) is 6.30. The van der Waals surface area contributed by atoms with Crippen LogP contribution in [-0.2, 0) is 6.42 Å². The highest BCUT2D eigenvalue weighted by Crippen LogP contribution is 2.20. The van der Waals surface area contributed by atoms with Crippen LogP contribution in [0.15, 0.2) is 66.7 Å². The fourth-order valence-electron chi connectivity index (χ4n) is 2.61. The van der Waals surface area contributed by atoms with Gasteiger partial charge in [0, 0.05) is 11.4 Å². The number of anilines is 2. The molecule has 0 atom stereocenters. The zero-order valence-electron chi connectivity index (χ0n) is 17.2. The molecule has 0 heterocycles. The van der Waals surface area contributed by atoms with Gasteiger partial charge in [-0.25, -0.2) is 14.4 Å². The molecule has 0 aliphatic heterocycles. The summed E-state index contributed by atoms with van der Waals surface area (Å²) in [6.07, 6.45) is 0.390. The average Bonchev–Trinajstić information content (AvgIpc) is 2.71. The smallest absolute Gasteiger partial charge is 0.337 e. The minimum absolute atomic E-state index is 0. The van der Waals surface area contributed by atoms with E-state index >= 15 is 0 Å². The van der Waals surface area contributed by atoms with Gasteiger partial charge in [0.25, 0.3) is 0 Å². The molecule has 0 unspecified atom stereocenters. The summed E-state index contributed by atoms with van der Waals surface area (Å²) in [5, 5.41) is 26.5. The Labute approximate surface area is 184 Å². The Hall–Kier alpha value is -4.41. The van der Waals surface area contributed by atoms with Crippen molar-refractivity contribution in [3.05, 3.63) is 94.5 Å². The van der Waals surface area contributed by atoms with Crippen LogP contribution in [0.3, 0.4) is 0 Å². The monoisotopic (exact) mass is 442 g/mol. The van der Waals surface area contributed by atoms with E-state index in [9.17, 15) is 14.4 Å². The third kappa shape index (κ3) is 7.44. The van der Waals surface area contributed by atoms with Crippen molar-refractivity contribution in [3.63, 3.8) is 0 Å². The predicted molar refractivity (Wildman–Crippen MR) is 122 cm³/mol. The summed E-state index contributed by atoms with van der Waals surface area (Å²) < 4.78 is 0. The highest BCUT2D eigenvalue weighted by Gasteiger charge is 2.11. The van der Waals surface area contributed by atoms with Crippen LogP contribution < -0.4 is 23.8 Å². The molecule has 10 heteroatoms. The Morgan fingerprint density at radius 2 is 1.03 bits per heavy atom. The summed E-state index contributed by atoms with van der Waals surface area (Å²) in [4.78, 5) is 32.3. The van der Waals surface area contributed by atoms with E-state index < -0.39 is 17.9 Å².